The number of benzene rings is 1. The first kappa shape index (κ1) is 11.2. The van der Waals surface area contributed by atoms with Crippen LogP contribution in [0.25, 0.3) is 0 Å². The van der Waals surface area contributed by atoms with Gasteiger partial charge in [-0.15, -0.1) is 11.3 Å². The highest BCUT2D eigenvalue weighted by Gasteiger charge is 2.18. The Labute approximate surface area is 96.5 Å². The summed E-state index contributed by atoms with van der Waals surface area (Å²) >= 11 is 1.45. The van der Waals surface area contributed by atoms with E-state index in [2.05, 4.69) is 0 Å². The lowest BCUT2D eigenvalue weighted by atomic mass is 10.0. The second kappa shape index (κ2) is 4.31. The lowest BCUT2D eigenvalue weighted by Crippen LogP contribution is -2.13. The van der Waals surface area contributed by atoms with E-state index in [1.807, 2.05) is 18.4 Å². The van der Waals surface area contributed by atoms with Gasteiger partial charge in [-0.3, -0.25) is 0 Å². The van der Waals surface area contributed by atoms with Crippen LogP contribution in [0.15, 0.2) is 29.6 Å². The van der Waals surface area contributed by atoms with Gasteiger partial charge in [0, 0.05) is 10.4 Å². The zero-order valence-corrected chi connectivity index (χ0v) is 9.52. The third-order valence-electron chi connectivity index (χ3n) is 2.50. The molecule has 1 aromatic carbocycles. The monoisotopic (exact) mass is 239 g/mol. The molecule has 1 heterocycles. The lowest BCUT2D eigenvalue weighted by Gasteiger charge is -2.12. The van der Waals surface area contributed by atoms with E-state index in [9.17, 15) is 8.78 Å². The quantitative estimate of drug-likeness (QED) is 0.854. The van der Waals surface area contributed by atoms with Crippen molar-refractivity contribution in [3.8, 4) is 0 Å². The van der Waals surface area contributed by atoms with E-state index in [-0.39, 0.29) is 5.56 Å². The molecule has 0 aliphatic rings. The predicted octanol–water partition coefficient (Wildman–Crippen LogP) is 3.38. The maximum absolute atomic E-state index is 13.5. The van der Waals surface area contributed by atoms with Crippen LogP contribution in [0.1, 0.15) is 22.0 Å². The van der Waals surface area contributed by atoms with Gasteiger partial charge in [-0.05, 0) is 30.0 Å². The topological polar surface area (TPSA) is 26.0 Å². The molecule has 0 aliphatic heterocycles. The number of halogens is 2. The summed E-state index contributed by atoms with van der Waals surface area (Å²) in [6.45, 7) is 1.91. The van der Waals surface area contributed by atoms with Crippen molar-refractivity contribution in [1.82, 2.24) is 0 Å². The molecule has 1 nitrogen and oxygen atoms in total. The van der Waals surface area contributed by atoms with Crippen LogP contribution < -0.4 is 5.73 Å². The first-order chi connectivity index (χ1) is 7.61. The second-order valence-corrected chi connectivity index (χ2v) is 4.54. The molecular weight excluding hydrogens is 228 g/mol. The Morgan fingerprint density at radius 2 is 2.00 bits per heavy atom. The molecule has 2 N–H and O–H groups in total. The molecule has 16 heavy (non-hydrogen) atoms. The van der Waals surface area contributed by atoms with Gasteiger partial charge in [0.2, 0.25) is 0 Å². The lowest BCUT2D eigenvalue weighted by molar-refractivity contribution is 0.495. The van der Waals surface area contributed by atoms with Crippen LogP contribution in [0.5, 0.6) is 0 Å². The molecule has 0 fully saturated rings. The summed E-state index contributed by atoms with van der Waals surface area (Å²) in [6.07, 6.45) is 0. The fourth-order valence-corrected chi connectivity index (χ4v) is 2.55. The summed E-state index contributed by atoms with van der Waals surface area (Å²) in [5.41, 5.74) is 7.14. The highest BCUT2D eigenvalue weighted by atomic mass is 32.1. The zero-order valence-electron chi connectivity index (χ0n) is 8.71. The van der Waals surface area contributed by atoms with Gasteiger partial charge in [-0.2, -0.15) is 0 Å². The third-order valence-corrected chi connectivity index (χ3v) is 3.60. The van der Waals surface area contributed by atoms with Crippen molar-refractivity contribution in [3.63, 3.8) is 0 Å². The molecule has 0 bridgehead atoms. The van der Waals surface area contributed by atoms with Gasteiger partial charge in [-0.1, -0.05) is 12.1 Å². The SMILES string of the molecule is Cc1ccsc1C(N)c1cccc(F)c1F. The number of hydrogen-bond acceptors (Lipinski definition) is 2. The predicted molar refractivity (Wildman–Crippen MR) is 61.4 cm³/mol. The number of thiophene rings is 1. The van der Waals surface area contributed by atoms with E-state index in [1.165, 1.54) is 23.5 Å². The van der Waals surface area contributed by atoms with Crippen LogP contribution in [0.2, 0.25) is 0 Å². The smallest absolute Gasteiger partial charge is 0.163 e. The molecule has 1 unspecified atom stereocenters. The van der Waals surface area contributed by atoms with Crippen molar-refractivity contribution in [1.29, 1.82) is 0 Å². The van der Waals surface area contributed by atoms with Crippen molar-refractivity contribution in [2.75, 3.05) is 0 Å². The van der Waals surface area contributed by atoms with Gasteiger partial charge in [-0.25, -0.2) is 8.78 Å². The normalized spacial score (nSPS) is 12.8. The van der Waals surface area contributed by atoms with Gasteiger partial charge in [0.1, 0.15) is 0 Å². The highest BCUT2D eigenvalue weighted by molar-refractivity contribution is 7.10. The minimum Gasteiger partial charge on any atom is -0.320 e. The van der Waals surface area contributed by atoms with E-state index >= 15 is 0 Å². The molecule has 1 atom stereocenters. The van der Waals surface area contributed by atoms with Crippen LogP contribution in [0.4, 0.5) is 8.78 Å². The van der Waals surface area contributed by atoms with Gasteiger partial charge in [0.15, 0.2) is 11.6 Å². The molecule has 1 aromatic heterocycles. The van der Waals surface area contributed by atoms with E-state index in [1.54, 1.807) is 0 Å². The molecule has 84 valence electrons. The molecule has 0 aliphatic carbocycles. The van der Waals surface area contributed by atoms with E-state index in [4.69, 9.17) is 5.73 Å². The van der Waals surface area contributed by atoms with E-state index < -0.39 is 17.7 Å². The van der Waals surface area contributed by atoms with E-state index in [0.717, 1.165) is 16.5 Å². The Morgan fingerprint density at radius 1 is 1.25 bits per heavy atom. The van der Waals surface area contributed by atoms with Gasteiger partial charge in [0.05, 0.1) is 6.04 Å². The summed E-state index contributed by atoms with van der Waals surface area (Å²) in [4.78, 5) is 0.865. The molecule has 0 spiro atoms. The van der Waals surface area contributed by atoms with Crippen molar-refractivity contribution < 1.29 is 8.78 Å². The van der Waals surface area contributed by atoms with Crippen LogP contribution in [0, 0.1) is 18.6 Å². The van der Waals surface area contributed by atoms with Gasteiger partial charge in [0.25, 0.3) is 0 Å². The summed E-state index contributed by atoms with van der Waals surface area (Å²) in [7, 11) is 0. The summed E-state index contributed by atoms with van der Waals surface area (Å²) in [5, 5.41) is 1.89. The molecule has 4 heteroatoms. The van der Waals surface area contributed by atoms with Crippen molar-refractivity contribution in [3.05, 3.63) is 57.3 Å². The largest absolute Gasteiger partial charge is 0.320 e. The molecule has 2 aromatic rings. The standard InChI is InChI=1S/C12H11F2NS/c1-7-5-6-16-12(7)11(15)8-3-2-4-9(13)10(8)14/h2-6,11H,15H2,1H3. The molecule has 0 radical (unpaired) electrons. The summed E-state index contributed by atoms with van der Waals surface area (Å²) in [5.74, 6) is -1.72. The Hall–Kier alpha value is -1.26. The maximum Gasteiger partial charge on any atom is 0.163 e. The Balaban J connectivity index is 2.46. The fraction of sp³-hybridized carbons (Fsp3) is 0.167. The fourth-order valence-electron chi connectivity index (χ4n) is 1.60. The Morgan fingerprint density at radius 3 is 2.62 bits per heavy atom. The minimum absolute atomic E-state index is 0.200. The molecular formula is C12H11F2NS. The number of nitrogens with two attached hydrogens (primary N) is 1. The van der Waals surface area contributed by atoms with Crippen LogP contribution in [-0.2, 0) is 0 Å². The number of aryl methyl sites for hydroxylation is 1. The van der Waals surface area contributed by atoms with Crippen LogP contribution in [-0.4, -0.2) is 0 Å². The second-order valence-electron chi connectivity index (χ2n) is 3.59. The van der Waals surface area contributed by atoms with Crippen LogP contribution >= 0.6 is 11.3 Å². The Kier molecular flexibility index (Phi) is 3.03. The molecule has 0 saturated heterocycles. The van der Waals surface area contributed by atoms with Crippen LogP contribution in [0.3, 0.4) is 0 Å². The first-order valence-electron chi connectivity index (χ1n) is 4.84. The maximum atomic E-state index is 13.5. The highest BCUT2D eigenvalue weighted by Crippen LogP contribution is 2.29. The molecule has 2 rings (SSSR count). The minimum atomic E-state index is -0.859. The van der Waals surface area contributed by atoms with Crippen molar-refractivity contribution in [2.45, 2.75) is 13.0 Å². The van der Waals surface area contributed by atoms with Crippen molar-refractivity contribution >= 4 is 11.3 Å². The summed E-state index contributed by atoms with van der Waals surface area (Å²) in [6, 6.07) is 5.39. The van der Waals surface area contributed by atoms with Gasteiger partial charge >= 0.3 is 0 Å². The first-order valence-corrected chi connectivity index (χ1v) is 5.72. The average molecular weight is 239 g/mol. The zero-order chi connectivity index (χ0) is 11.7. The molecule has 0 amide bonds. The number of rotatable bonds is 2. The third kappa shape index (κ3) is 1.86. The number of hydrogen-bond donors (Lipinski definition) is 1. The Bertz CT molecular complexity index is 507. The average Bonchev–Trinajstić information content (AvgIpc) is 2.68. The summed E-state index contributed by atoms with van der Waals surface area (Å²) < 4.78 is 26.6. The molecule has 0 saturated carbocycles. The van der Waals surface area contributed by atoms with Crippen molar-refractivity contribution in [2.24, 2.45) is 5.73 Å². The van der Waals surface area contributed by atoms with E-state index in [0.29, 0.717) is 0 Å². The van der Waals surface area contributed by atoms with Gasteiger partial charge < -0.3 is 5.73 Å².